The van der Waals surface area contributed by atoms with Gasteiger partial charge in [0.1, 0.15) is 0 Å². The lowest BCUT2D eigenvalue weighted by Gasteiger charge is -2.11. The minimum absolute atomic E-state index is 0.0467. The first-order chi connectivity index (χ1) is 10.8. The molecule has 0 aromatic heterocycles. The lowest BCUT2D eigenvalue weighted by atomic mass is 10.0. The first kappa shape index (κ1) is 17.5. The first-order valence-electron chi connectivity index (χ1n) is 7.66. The van der Waals surface area contributed by atoms with Crippen LogP contribution < -0.4 is 10.9 Å². The fraction of sp³-hybridized carbons (Fsp3) is 0.500. The number of carbonyl (C=O) groups excluding carboxylic acids is 2. The second kappa shape index (κ2) is 7.12. The van der Waals surface area contributed by atoms with Gasteiger partial charge in [-0.1, -0.05) is 26.0 Å². The van der Waals surface area contributed by atoms with E-state index in [1.54, 1.807) is 12.1 Å². The van der Waals surface area contributed by atoms with Gasteiger partial charge >= 0.3 is 0 Å². The molecule has 1 aromatic carbocycles. The Balaban J connectivity index is 1.81. The third-order valence-corrected chi connectivity index (χ3v) is 5.79. The van der Waals surface area contributed by atoms with Gasteiger partial charge in [-0.2, -0.15) is 0 Å². The van der Waals surface area contributed by atoms with E-state index in [9.17, 15) is 18.0 Å². The molecule has 1 heterocycles. The van der Waals surface area contributed by atoms with E-state index >= 15 is 0 Å². The van der Waals surface area contributed by atoms with E-state index in [1.165, 1.54) is 0 Å². The van der Waals surface area contributed by atoms with Gasteiger partial charge in [0.25, 0.3) is 5.91 Å². The first-order valence-corrected chi connectivity index (χ1v) is 9.48. The summed E-state index contributed by atoms with van der Waals surface area (Å²) < 4.78 is 22.7. The summed E-state index contributed by atoms with van der Waals surface area (Å²) in [4.78, 5) is 23.7. The molecule has 2 N–H and O–H groups in total. The van der Waals surface area contributed by atoms with E-state index in [4.69, 9.17) is 0 Å². The largest absolute Gasteiger partial charge is 0.273 e. The highest BCUT2D eigenvalue weighted by molar-refractivity contribution is 7.91. The molecule has 1 fully saturated rings. The van der Waals surface area contributed by atoms with Crippen LogP contribution in [0, 0.1) is 5.92 Å². The van der Waals surface area contributed by atoms with Crippen molar-refractivity contribution in [2.24, 2.45) is 5.92 Å². The summed E-state index contributed by atoms with van der Waals surface area (Å²) in [5, 5.41) is 0. The molecule has 1 aliphatic heterocycles. The van der Waals surface area contributed by atoms with Gasteiger partial charge < -0.3 is 0 Å². The molecule has 0 saturated carbocycles. The third-order valence-electron chi connectivity index (χ3n) is 3.96. The van der Waals surface area contributed by atoms with Crippen LogP contribution in [-0.4, -0.2) is 31.7 Å². The zero-order chi connectivity index (χ0) is 17.0. The molecular weight excluding hydrogens is 316 g/mol. The van der Waals surface area contributed by atoms with E-state index in [0.717, 1.165) is 5.56 Å². The van der Waals surface area contributed by atoms with Crippen LogP contribution in [0.5, 0.6) is 0 Å². The van der Waals surface area contributed by atoms with Gasteiger partial charge in [0.05, 0.1) is 11.5 Å². The molecule has 0 spiro atoms. The molecular formula is C16H22N2O4S. The number of hydrazine groups is 1. The number of carbonyl (C=O) groups is 2. The molecule has 1 aliphatic rings. The van der Waals surface area contributed by atoms with Crippen molar-refractivity contribution in [1.29, 1.82) is 0 Å². The highest BCUT2D eigenvalue weighted by Crippen LogP contribution is 2.21. The maximum absolute atomic E-state index is 11.9. The smallest absolute Gasteiger partial charge is 0.269 e. The maximum Gasteiger partial charge on any atom is 0.269 e. The molecule has 6 nitrogen and oxygen atoms in total. The van der Waals surface area contributed by atoms with Crippen LogP contribution in [0.4, 0.5) is 0 Å². The van der Waals surface area contributed by atoms with Crippen molar-refractivity contribution in [3.63, 3.8) is 0 Å². The molecule has 0 unspecified atom stereocenters. The zero-order valence-electron chi connectivity index (χ0n) is 13.3. The number of hydrogen-bond acceptors (Lipinski definition) is 4. The van der Waals surface area contributed by atoms with Crippen molar-refractivity contribution < 1.29 is 18.0 Å². The number of sulfone groups is 1. The number of rotatable bonds is 4. The zero-order valence-corrected chi connectivity index (χ0v) is 14.2. The second-order valence-corrected chi connectivity index (χ2v) is 8.48. The lowest BCUT2D eigenvalue weighted by molar-refractivity contribution is -0.122. The Morgan fingerprint density at radius 3 is 2.35 bits per heavy atom. The molecule has 2 amide bonds. The van der Waals surface area contributed by atoms with Crippen LogP contribution in [-0.2, 0) is 14.6 Å². The molecule has 0 bridgehead atoms. The van der Waals surface area contributed by atoms with Gasteiger partial charge in [0.15, 0.2) is 9.84 Å². The molecule has 126 valence electrons. The molecule has 2 rings (SSSR count). The summed E-state index contributed by atoms with van der Waals surface area (Å²) in [5.41, 5.74) is 6.28. The minimum atomic E-state index is -2.99. The van der Waals surface area contributed by atoms with Crippen molar-refractivity contribution in [1.82, 2.24) is 10.9 Å². The summed E-state index contributed by atoms with van der Waals surface area (Å²) in [7, 11) is -2.99. The van der Waals surface area contributed by atoms with Crippen molar-refractivity contribution >= 4 is 21.7 Å². The Morgan fingerprint density at radius 1 is 1.17 bits per heavy atom. The van der Waals surface area contributed by atoms with E-state index in [2.05, 4.69) is 24.7 Å². The van der Waals surface area contributed by atoms with Crippen molar-refractivity contribution in [2.75, 3.05) is 11.5 Å². The number of amides is 2. The lowest BCUT2D eigenvalue weighted by Crippen LogP contribution is -2.42. The SMILES string of the molecule is CC(C)c1ccc(C(=O)NNC(=O)C[C@H]2CCS(=O)(=O)C2)cc1. The Bertz CT molecular complexity index is 681. The molecule has 0 radical (unpaired) electrons. The summed E-state index contributed by atoms with van der Waals surface area (Å²) in [5.74, 6) is -0.367. The average Bonchev–Trinajstić information content (AvgIpc) is 2.83. The topological polar surface area (TPSA) is 92.3 Å². The van der Waals surface area contributed by atoms with E-state index in [1.807, 2.05) is 12.1 Å². The third kappa shape index (κ3) is 5.06. The van der Waals surface area contributed by atoms with Crippen LogP contribution in [0.3, 0.4) is 0 Å². The van der Waals surface area contributed by atoms with Crippen LogP contribution in [0.15, 0.2) is 24.3 Å². The summed E-state index contributed by atoms with van der Waals surface area (Å²) >= 11 is 0. The number of nitrogens with one attached hydrogen (secondary N) is 2. The molecule has 1 atom stereocenters. The number of hydrogen-bond donors (Lipinski definition) is 2. The van der Waals surface area contributed by atoms with Gasteiger partial charge in [-0.25, -0.2) is 8.42 Å². The van der Waals surface area contributed by atoms with E-state index < -0.39 is 15.7 Å². The fourth-order valence-electron chi connectivity index (χ4n) is 2.56. The highest BCUT2D eigenvalue weighted by atomic mass is 32.2. The monoisotopic (exact) mass is 338 g/mol. The van der Waals surface area contributed by atoms with E-state index in [0.29, 0.717) is 17.9 Å². The Labute approximate surface area is 136 Å². The van der Waals surface area contributed by atoms with Crippen molar-refractivity contribution in [3.8, 4) is 0 Å². The molecule has 1 aromatic rings. The predicted molar refractivity (Wildman–Crippen MR) is 87.5 cm³/mol. The molecule has 7 heteroatoms. The summed E-state index contributed by atoms with van der Waals surface area (Å²) in [6.07, 6.45) is 0.603. The van der Waals surface area contributed by atoms with Crippen LogP contribution in [0.2, 0.25) is 0 Å². The fourth-order valence-corrected chi connectivity index (χ4v) is 4.43. The van der Waals surface area contributed by atoms with Gasteiger partial charge in [0, 0.05) is 12.0 Å². The Kier molecular flexibility index (Phi) is 5.41. The van der Waals surface area contributed by atoms with Crippen molar-refractivity contribution in [3.05, 3.63) is 35.4 Å². The van der Waals surface area contributed by atoms with Gasteiger partial charge in [-0.05, 0) is 36.0 Å². The molecule has 0 aliphatic carbocycles. The summed E-state index contributed by atoms with van der Waals surface area (Å²) in [6.45, 7) is 4.14. The Hall–Kier alpha value is -1.89. The van der Waals surface area contributed by atoms with Crippen molar-refractivity contribution in [2.45, 2.75) is 32.6 Å². The van der Waals surface area contributed by atoms with Gasteiger partial charge in [-0.15, -0.1) is 0 Å². The highest BCUT2D eigenvalue weighted by Gasteiger charge is 2.29. The number of benzene rings is 1. The quantitative estimate of drug-likeness (QED) is 0.812. The summed E-state index contributed by atoms with van der Waals surface area (Å²) in [6, 6.07) is 7.18. The molecule has 1 saturated heterocycles. The average molecular weight is 338 g/mol. The maximum atomic E-state index is 11.9. The minimum Gasteiger partial charge on any atom is -0.273 e. The second-order valence-electron chi connectivity index (χ2n) is 6.25. The van der Waals surface area contributed by atoms with Gasteiger partial charge in [0.2, 0.25) is 5.91 Å². The molecule has 23 heavy (non-hydrogen) atoms. The predicted octanol–water partition coefficient (Wildman–Crippen LogP) is 1.40. The van der Waals surface area contributed by atoms with Gasteiger partial charge in [-0.3, -0.25) is 20.4 Å². The van der Waals surface area contributed by atoms with Crippen LogP contribution in [0.1, 0.15) is 48.5 Å². The normalized spacial score (nSPS) is 19.5. The van der Waals surface area contributed by atoms with Crippen LogP contribution >= 0.6 is 0 Å². The standard InChI is InChI=1S/C16H22N2O4S/c1-11(2)13-3-5-14(6-4-13)16(20)18-17-15(19)9-12-7-8-23(21,22)10-12/h3-6,11-12H,7-10H2,1-2H3,(H,17,19)(H,18,20)/t12-/m1/s1. The Morgan fingerprint density at radius 2 is 1.83 bits per heavy atom. The van der Waals surface area contributed by atoms with Crippen LogP contribution in [0.25, 0.3) is 0 Å². The van der Waals surface area contributed by atoms with E-state index in [-0.39, 0.29) is 29.8 Å².